The molecule has 4 rings (SSSR count). The number of nitrogens with one attached hydrogen (secondary N) is 2. The van der Waals surface area contributed by atoms with E-state index >= 15 is 0 Å². The van der Waals surface area contributed by atoms with E-state index in [-0.39, 0.29) is 30.7 Å². The van der Waals surface area contributed by atoms with E-state index in [4.69, 9.17) is 9.47 Å². The van der Waals surface area contributed by atoms with E-state index < -0.39 is 24.3 Å². The first kappa shape index (κ1) is 27.2. The molecule has 2 saturated heterocycles. The number of halogens is 1. The summed E-state index contributed by atoms with van der Waals surface area (Å²) in [6.45, 7) is 4.48. The number of nitrogens with zero attached hydrogens (tertiary/aromatic N) is 7. The van der Waals surface area contributed by atoms with Gasteiger partial charge >= 0.3 is 12.1 Å². The average Bonchev–Trinajstić information content (AvgIpc) is 2.90. The van der Waals surface area contributed by atoms with Gasteiger partial charge in [-0.2, -0.15) is 4.98 Å². The van der Waals surface area contributed by atoms with Crippen LogP contribution in [-0.2, 0) is 4.74 Å². The van der Waals surface area contributed by atoms with Gasteiger partial charge in [0.05, 0.1) is 25.0 Å². The molecule has 2 aliphatic rings. The Morgan fingerprint density at radius 3 is 2.71 bits per heavy atom. The Labute approximate surface area is 220 Å². The minimum atomic E-state index is -1.24. The third-order valence-corrected chi connectivity index (χ3v) is 6.48. The van der Waals surface area contributed by atoms with Crippen molar-refractivity contribution in [2.45, 2.75) is 44.5 Å². The summed E-state index contributed by atoms with van der Waals surface area (Å²) in [4.78, 5) is 47.3. The van der Waals surface area contributed by atoms with Gasteiger partial charge in [0.1, 0.15) is 18.1 Å². The average molecular weight is 532 g/mol. The number of carbonyl (C=O) groups is 2. The summed E-state index contributed by atoms with van der Waals surface area (Å²) in [5.74, 6) is 1.17. The van der Waals surface area contributed by atoms with Crippen LogP contribution in [0.15, 0.2) is 24.7 Å². The van der Waals surface area contributed by atoms with E-state index in [0.29, 0.717) is 31.5 Å². The number of hydrogen-bond acceptors (Lipinski definition) is 10. The molecule has 0 bridgehead atoms. The number of ether oxygens (including phenoxy) is 2. The van der Waals surface area contributed by atoms with Gasteiger partial charge in [-0.1, -0.05) is 0 Å². The van der Waals surface area contributed by atoms with E-state index in [2.05, 4.69) is 35.5 Å². The lowest BCUT2D eigenvalue weighted by atomic mass is 10.0. The monoisotopic (exact) mass is 531 g/mol. The SMILES string of the molecule is CCOc1cnc(NC(=O)N(C)[C@H]2CN(c3nccc(NC(=O)O[C@@H]4CCCN(C)C4)n3)CC[C@H]2F)cn1. The molecule has 2 aliphatic heterocycles. The maximum absolute atomic E-state index is 14.9. The molecule has 2 N–H and O–H groups in total. The molecule has 0 radical (unpaired) electrons. The number of carbonyl (C=O) groups excluding carboxylic acids is 2. The van der Waals surface area contributed by atoms with Crippen LogP contribution in [0.1, 0.15) is 26.2 Å². The molecule has 14 heteroatoms. The fourth-order valence-corrected chi connectivity index (χ4v) is 4.47. The second-order valence-corrected chi connectivity index (χ2v) is 9.33. The van der Waals surface area contributed by atoms with Gasteiger partial charge in [-0.15, -0.1) is 0 Å². The Bertz CT molecular complexity index is 1090. The highest BCUT2D eigenvalue weighted by Gasteiger charge is 2.35. The Hall–Kier alpha value is -3.81. The number of aromatic nitrogens is 4. The van der Waals surface area contributed by atoms with Crippen LogP contribution < -0.4 is 20.3 Å². The van der Waals surface area contributed by atoms with Crippen LogP contribution in [0, 0.1) is 0 Å². The Kier molecular flexibility index (Phi) is 9.05. The van der Waals surface area contributed by atoms with Crippen molar-refractivity contribution < 1.29 is 23.5 Å². The van der Waals surface area contributed by atoms with Gasteiger partial charge in [-0.3, -0.25) is 10.6 Å². The van der Waals surface area contributed by atoms with Gasteiger partial charge in [0, 0.05) is 32.9 Å². The quantitative estimate of drug-likeness (QED) is 0.548. The largest absolute Gasteiger partial charge is 0.477 e. The van der Waals surface area contributed by atoms with Crippen molar-refractivity contribution in [1.29, 1.82) is 0 Å². The van der Waals surface area contributed by atoms with E-state index in [1.165, 1.54) is 30.5 Å². The van der Waals surface area contributed by atoms with E-state index in [1.54, 1.807) is 11.0 Å². The molecule has 2 aromatic heterocycles. The maximum Gasteiger partial charge on any atom is 0.413 e. The molecular weight excluding hydrogens is 497 g/mol. The summed E-state index contributed by atoms with van der Waals surface area (Å²) in [7, 11) is 3.52. The smallest absolute Gasteiger partial charge is 0.413 e. The van der Waals surface area contributed by atoms with Gasteiger partial charge in [-0.25, -0.2) is 28.9 Å². The van der Waals surface area contributed by atoms with Crippen molar-refractivity contribution >= 4 is 29.7 Å². The topological polar surface area (TPSA) is 138 Å². The number of alkyl halides is 1. The number of likely N-dealkylation sites (N-methyl/N-ethyl adjacent to an activating group) is 2. The highest BCUT2D eigenvalue weighted by Crippen LogP contribution is 2.23. The molecule has 2 aromatic rings. The summed E-state index contributed by atoms with van der Waals surface area (Å²) in [5.41, 5.74) is 0. The molecule has 0 spiro atoms. The van der Waals surface area contributed by atoms with Crippen molar-refractivity contribution in [3.63, 3.8) is 0 Å². The second-order valence-electron chi connectivity index (χ2n) is 9.33. The van der Waals surface area contributed by atoms with E-state index in [9.17, 15) is 14.0 Å². The third kappa shape index (κ3) is 7.15. The molecule has 13 nitrogen and oxygen atoms in total. The van der Waals surface area contributed by atoms with Crippen molar-refractivity contribution in [2.24, 2.45) is 0 Å². The predicted molar refractivity (Wildman–Crippen MR) is 138 cm³/mol. The first-order valence-corrected chi connectivity index (χ1v) is 12.7. The second kappa shape index (κ2) is 12.6. The minimum Gasteiger partial charge on any atom is -0.477 e. The molecule has 0 saturated carbocycles. The molecule has 38 heavy (non-hydrogen) atoms. The molecule has 3 amide bonds. The van der Waals surface area contributed by atoms with E-state index in [0.717, 1.165) is 19.4 Å². The van der Waals surface area contributed by atoms with Crippen LogP contribution in [0.5, 0.6) is 5.88 Å². The van der Waals surface area contributed by atoms with Crippen LogP contribution in [-0.4, -0.2) is 107 Å². The Morgan fingerprint density at radius 2 is 1.97 bits per heavy atom. The third-order valence-electron chi connectivity index (χ3n) is 6.48. The highest BCUT2D eigenvalue weighted by atomic mass is 19.1. The number of anilines is 3. The fourth-order valence-electron chi connectivity index (χ4n) is 4.47. The van der Waals surface area contributed by atoms with Gasteiger partial charge in [-0.05, 0) is 45.8 Å². The highest BCUT2D eigenvalue weighted by molar-refractivity contribution is 5.88. The lowest BCUT2D eigenvalue weighted by molar-refractivity contribution is 0.0593. The normalized spacial score (nSPS) is 21.9. The number of rotatable bonds is 7. The molecule has 0 unspecified atom stereocenters. The fraction of sp³-hybridized carbons (Fsp3) is 0.583. The van der Waals surface area contributed by atoms with E-state index in [1.807, 2.05) is 14.0 Å². The minimum absolute atomic E-state index is 0.169. The zero-order chi connectivity index (χ0) is 27.1. The van der Waals surface area contributed by atoms with Gasteiger partial charge in [0.2, 0.25) is 11.8 Å². The molecule has 2 fully saturated rings. The van der Waals surface area contributed by atoms with Crippen molar-refractivity contribution in [2.75, 3.05) is 62.4 Å². The number of amides is 3. The van der Waals surface area contributed by atoms with Gasteiger partial charge < -0.3 is 24.2 Å². The van der Waals surface area contributed by atoms with Crippen molar-refractivity contribution in [3.05, 3.63) is 24.7 Å². The predicted octanol–water partition coefficient (Wildman–Crippen LogP) is 2.39. The Morgan fingerprint density at radius 1 is 1.13 bits per heavy atom. The number of likely N-dealkylation sites (tertiary alicyclic amines) is 1. The number of hydrogen-bond donors (Lipinski definition) is 2. The maximum atomic E-state index is 14.9. The number of piperidine rings is 2. The molecule has 0 aliphatic carbocycles. The summed E-state index contributed by atoms with van der Waals surface area (Å²) < 4.78 is 25.7. The van der Waals surface area contributed by atoms with Crippen LogP contribution in [0.2, 0.25) is 0 Å². The lowest BCUT2D eigenvalue weighted by Crippen LogP contribution is -2.55. The standard InChI is InChI=1S/C24H34FN9O4/c1-4-37-21-13-27-20(12-28-21)30-23(35)33(3)18-15-34(11-8-17(18)25)22-26-9-7-19(29-22)31-24(36)38-16-6-5-10-32(2)14-16/h7,9,12-13,16-18H,4-6,8,10-11,14-15H2,1-3H3,(H,27,30,35)(H,26,29,31,36)/t16-,17-,18+/m1/s1. The zero-order valence-corrected chi connectivity index (χ0v) is 21.8. The summed E-state index contributed by atoms with van der Waals surface area (Å²) >= 11 is 0. The van der Waals surface area contributed by atoms with Gasteiger partial charge in [0.25, 0.3) is 0 Å². The van der Waals surface area contributed by atoms with Crippen molar-refractivity contribution in [1.82, 2.24) is 29.7 Å². The summed E-state index contributed by atoms with van der Waals surface area (Å²) in [5, 5.41) is 5.28. The first-order valence-electron chi connectivity index (χ1n) is 12.7. The van der Waals surface area contributed by atoms with Gasteiger partial charge in [0.15, 0.2) is 5.82 Å². The zero-order valence-electron chi connectivity index (χ0n) is 21.8. The molecule has 4 heterocycles. The Balaban J connectivity index is 1.35. The molecule has 206 valence electrons. The molecule has 0 aromatic carbocycles. The van der Waals surface area contributed by atoms with Crippen LogP contribution in [0.25, 0.3) is 0 Å². The first-order chi connectivity index (χ1) is 18.3. The van der Waals surface area contributed by atoms with Crippen LogP contribution in [0.3, 0.4) is 0 Å². The van der Waals surface area contributed by atoms with Crippen LogP contribution in [0.4, 0.5) is 31.6 Å². The van der Waals surface area contributed by atoms with Crippen LogP contribution >= 0.6 is 0 Å². The lowest BCUT2D eigenvalue weighted by Gasteiger charge is -2.39. The molecule has 3 atom stereocenters. The summed E-state index contributed by atoms with van der Waals surface area (Å²) in [6, 6.07) is 0.285. The van der Waals surface area contributed by atoms with Crippen molar-refractivity contribution in [3.8, 4) is 5.88 Å². The number of urea groups is 1. The summed E-state index contributed by atoms with van der Waals surface area (Å²) in [6.07, 6.45) is 4.28. The molecular formula is C24H34FN9O4.